The number of methoxy groups -OCH3 is 1. The molecule has 1 amide bonds. The SMILES string of the molecule is COCC(C)NC(=O)Cn1cc(S(=O)(=O)c2ccc(C)cc2)c2ccccc21. The van der Waals surface area contributed by atoms with Crippen molar-refractivity contribution in [1.82, 2.24) is 9.88 Å². The summed E-state index contributed by atoms with van der Waals surface area (Å²) in [5.41, 5.74) is 1.69. The van der Waals surface area contributed by atoms with Crippen LogP contribution in [0.4, 0.5) is 0 Å². The molecule has 1 aromatic heterocycles. The van der Waals surface area contributed by atoms with E-state index in [1.807, 2.05) is 26.0 Å². The first-order valence-electron chi connectivity index (χ1n) is 9.01. The Bertz CT molecular complexity index is 1090. The Morgan fingerprint density at radius 3 is 2.50 bits per heavy atom. The fourth-order valence-corrected chi connectivity index (χ4v) is 4.65. The third kappa shape index (κ3) is 4.10. The molecule has 3 rings (SSSR count). The fraction of sp³-hybridized carbons (Fsp3) is 0.286. The second kappa shape index (κ2) is 8.16. The zero-order chi connectivity index (χ0) is 20.3. The van der Waals surface area contributed by atoms with Crippen molar-refractivity contribution in [3.63, 3.8) is 0 Å². The van der Waals surface area contributed by atoms with Crippen molar-refractivity contribution in [3.05, 3.63) is 60.3 Å². The fourth-order valence-electron chi connectivity index (χ4n) is 3.17. The zero-order valence-corrected chi connectivity index (χ0v) is 17.0. The Morgan fingerprint density at radius 1 is 1.14 bits per heavy atom. The number of amides is 1. The molecule has 7 heteroatoms. The molecule has 28 heavy (non-hydrogen) atoms. The van der Waals surface area contributed by atoms with Crippen molar-refractivity contribution in [2.75, 3.05) is 13.7 Å². The monoisotopic (exact) mass is 400 g/mol. The van der Waals surface area contributed by atoms with Gasteiger partial charge in [-0.05, 0) is 32.0 Å². The summed E-state index contributed by atoms with van der Waals surface area (Å²) in [6.07, 6.45) is 1.54. The quantitative estimate of drug-likeness (QED) is 0.662. The summed E-state index contributed by atoms with van der Waals surface area (Å²) in [7, 11) is -2.13. The molecule has 0 saturated carbocycles. The predicted molar refractivity (Wildman–Crippen MR) is 108 cm³/mol. The first-order chi connectivity index (χ1) is 13.3. The highest BCUT2D eigenvalue weighted by atomic mass is 32.2. The Kier molecular flexibility index (Phi) is 5.86. The normalized spacial score (nSPS) is 12.8. The molecule has 0 aliphatic rings. The van der Waals surface area contributed by atoms with Gasteiger partial charge >= 0.3 is 0 Å². The number of nitrogens with one attached hydrogen (secondary N) is 1. The van der Waals surface area contributed by atoms with E-state index in [4.69, 9.17) is 4.74 Å². The van der Waals surface area contributed by atoms with Gasteiger partial charge in [-0.15, -0.1) is 0 Å². The largest absolute Gasteiger partial charge is 0.383 e. The van der Waals surface area contributed by atoms with Crippen LogP contribution in [0, 0.1) is 6.92 Å². The maximum absolute atomic E-state index is 13.2. The lowest BCUT2D eigenvalue weighted by molar-refractivity contribution is -0.122. The van der Waals surface area contributed by atoms with Crippen LogP contribution in [0.5, 0.6) is 0 Å². The summed E-state index contributed by atoms with van der Waals surface area (Å²) in [5.74, 6) is -0.204. The van der Waals surface area contributed by atoms with E-state index >= 15 is 0 Å². The number of carbonyl (C=O) groups excluding carboxylic acids is 1. The number of fused-ring (bicyclic) bond motifs is 1. The number of aromatic nitrogens is 1. The van der Waals surface area contributed by atoms with Crippen molar-refractivity contribution in [1.29, 1.82) is 0 Å². The van der Waals surface area contributed by atoms with Gasteiger partial charge in [-0.3, -0.25) is 4.79 Å². The minimum atomic E-state index is -3.70. The van der Waals surface area contributed by atoms with E-state index in [0.717, 1.165) is 5.56 Å². The summed E-state index contributed by atoms with van der Waals surface area (Å²) < 4.78 is 33.1. The molecule has 0 saturated heterocycles. The van der Waals surface area contributed by atoms with Crippen LogP contribution >= 0.6 is 0 Å². The highest BCUT2D eigenvalue weighted by molar-refractivity contribution is 7.91. The number of hydrogen-bond donors (Lipinski definition) is 1. The van der Waals surface area contributed by atoms with E-state index < -0.39 is 9.84 Å². The number of hydrogen-bond acceptors (Lipinski definition) is 4. The Morgan fingerprint density at radius 2 is 1.82 bits per heavy atom. The average Bonchev–Trinajstić information content (AvgIpc) is 3.01. The van der Waals surface area contributed by atoms with Crippen molar-refractivity contribution in [2.24, 2.45) is 0 Å². The van der Waals surface area contributed by atoms with E-state index in [9.17, 15) is 13.2 Å². The number of para-hydroxylation sites is 1. The Balaban J connectivity index is 1.99. The van der Waals surface area contributed by atoms with Crippen LogP contribution in [-0.2, 0) is 25.9 Å². The van der Waals surface area contributed by atoms with Crippen LogP contribution in [-0.4, -0.2) is 38.7 Å². The Hall–Kier alpha value is -2.64. The number of nitrogens with zero attached hydrogens (tertiary/aromatic N) is 1. The number of rotatable bonds is 7. The van der Waals surface area contributed by atoms with Crippen LogP contribution in [0.25, 0.3) is 10.9 Å². The number of carbonyl (C=O) groups is 1. The lowest BCUT2D eigenvalue weighted by Gasteiger charge is -2.13. The van der Waals surface area contributed by atoms with E-state index in [2.05, 4.69) is 5.32 Å². The molecule has 0 fully saturated rings. The maximum atomic E-state index is 13.2. The standard InChI is InChI=1S/C21H24N2O4S/c1-15-8-10-17(11-9-15)28(25,26)20-12-23(19-7-5-4-6-18(19)20)13-21(24)22-16(2)14-27-3/h4-12,16H,13-14H2,1-3H3,(H,22,24). The molecule has 1 N–H and O–H groups in total. The second-order valence-corrected chi connectivity index (χ2v) is 8.80. The molecule has 0 radical (unpaired) electrons. The molecule has 0 aliphatic carbocycles. The molecule has 1 heterocycles. The van der Waals surface area contributed by atoms with Gasteiger partial charge in [0.1, 0.15) is 6.54 Å². The van der Waals surface area contributed by atoms with Gasteiger partial charge in [-0.1, -0.05) is 35.9 Å². The molecule has 2 aromatic carbocycles. The molecule has 0 spiro atoms. The van der Waals surface area contributed by atoms with E-state index in [1.54, 1.807) is 54.3 Å². The van der Waals surface area contributed by atoms with E-state index in [-0.39, 0.29) is 28.3 Å². The molecule has 1 atom stereocenters. The van der Waals surface area contributed by atoms with Gasteiger partial charge in [0.25, 0.3) is 0 Å². The smallest absolute Gasteiger partial charge is 0.240 e. The first kappa shape index (κ1) is 20.1. The number of ether oxygens (including phenoxy) is 1. The topological polar surface area (TPSA) is 77.4 Å². The summed E-state index contributed by atoms with van der Waals surface area (Å²) in [6.45, 7) is 4.19. The Labute approximate surface area is 165 Å². The van der Waals surface area contributed by atoms with Gasteiger partial charge in [0.05, 0.1) is 16.4 Å². The number of sulfone groups is 1. The zero-order valence-electron chi connectivity index (χ0n) is 16.2. The molecule has 1 unspecified atom stereocenters. The number of benzene rings is 2. The third-order valence-corrected chi connectivity index (χ3v) is 6.31. The molecule has 6 nitrogen and oxygen atoms in total. The summed E-state index contributed by atoms with van der Waals surface area (Å²) in [6, 6.07) is 13.8. The van der Waals surface area contributed by atoms with Crippen LogP contribution in [0.3, 0.4) is 0 Å². The summed E-state index contributed by atoms with van der Waals surface area (Å²) in [5, 5.41) is 3.44. The van der Waals surface area contributed by atoms with Gasteiger partial charge < -0.3 is 14.6 Å². The molecule has 3 aromatic rings. The molecule has 148 valence electrons. The third-order valence-electron chi connectivity index (χ3n) is 4.51. The molecule has 0 aliphatic heterocycles. The van der Waals surface area contributed by atoms with Gasteiger partial charge in [0.2, 0.25) is 15.7 Å². The highest BCUT2D eigenvalue weighted by Gasteiger charge is 2.24. The van der Waals surface area contributed by atoms with Crippen molar-refractivity contribution < 1.29 is 17.9 Å². The minimum absolute atomic E-state index is 0.0258. The first-order valence-corrected chi connectivity index (χ1v) is 10.5. The van der Waals surface area contributed by atoms with Crippen LogP contribution in [0.2, 0.25) is 0 Å². The maximum Gasteiger partial charge on any atom is 0.240 e. The average molecular weight is 401 g/mol. The predicted octanol–water partition coefficient (Wildman–Crippen LogP) is 2.93. The molecular formula is C21H24N2O4S. The van der Waals surface area contributed by atoms with Crippen LogP contribution in [0.1, 0.15) is 12.5 Å². The van der Waals surface area contributed by atoms with Gasteiger partial charge in [0.15, 0.2) is 0 Å². The lowest BCUT2D eigenvalue weighted by atomic mass is 10.2. The summed E-state index contributed by atoms with van der Waals surface area (Å²) in [4.78, 5) is 12.8. The van der Waals surface area contributed by atoms with Crippen LogP contribution < -0.4 is 5.32 Å². The minimum Gasteiger partial charge on any atom is -0.383 e. The van der Waals surface area contributed by atoms with Crippen molar-refractivity contribution in [3.8, 4) is 0 Å². The van der Waals surface area contributed by atoms with Crippen molar-refractivity contribution >= 4 is 26.6 Å². The van der Waals surface area contributed by atoms with Crippen molar-refractivity contribution in [2.45, 2.75) is 36.2 Å². The van der Waals surface area contributed by atoms with E-state index in [1.165, 1.54) is 0 Å². The highest BCUT2D eigenvalue weighted by Crippen LogP contribution is 2.30. The van der Waals surface area contributed by atoms with Crippen LogP contribution in [0.15, 0.2) is 64.5 Å². The number of aryl methyl sites for hydroxylation is 1. The van der Waals surface area contributed by atoms with Gasteiger partial charge in [-0.2, -0.15) is 0 Å². The van der Waals surface area contributed by atoms with Gasteiger partial charge in [-0.25, -0.2) is 8.42 Å². The van der Waals surface area contributed by atoms with Gasteiger partial charge in [0, 0.05) is 30.3 Å². The second-order valence-electron chi connectivity index (χ2n) is 6.88. The molecular weight excluding hydrogens is 376 g/mol. The van der Waals surface area contributed by atoms with E-state index in [0.29, 0.717) is 17.5 Å². The lowest BCUT2D eigenvalue weighted by Crippen LogP contribution is -2.37. The molecule has 0 bridgehead atoms. The summed E-state index contributed by atoms with van der Waals surface area (Å²) >= 11 is 0.